The molecular weight excluding hydrogens is 352 g/mol. The number of anilines is 1. The van der Waals surface area contributed by atoms with Crippen LogP contribution < -0.4 is 15.8 Å². The molecule has 0 aliphatic carbocycles. The van der Waals surface area contributed by atoms with Crippen LogP contribution in [0.5, 0.6) is 0 Å². The van der Waals surface area contributed by atoms with Crippen LogP contribution in [0.3, 0.4) is 0 Å². The van der Waals surface area contributed by atoms with E-state index in [0.29, 0.717) is 11.3 Å². The summed E-state index contributed by atoms with van der Waals surface area (Å²) in [7, 11) is 0.259. The summed E-state index contributed by atoms with van der Waals surface area (Å²) in [6, 6.07) is 13.4. The average Bonchev–Trinajstić information content (AvgIpc) is 2.60. The number of nitrogens with two attached hydrogens (primary N) is 1. The number of benzene rings is 2. The molecule has 2 aromatic rings. The van der Waals surface area contributed by atoms with Gasteiger partial charge in [0.2, 0.25) is 10.0 Å². The van der Waals surface area contributed by atoms with Crippen LogP contribution in [0.25, 0.3) is 0 Å². The van der Waals surface area contributed by atoms with Crippen LogP contribution in [-0.4, -0.2) is 46.4 Å². The summed E-state index contributed by atoms with van der Waals surface area (Å²) in [6.07, 6.45) is 0. The summed E-state index contributed by atoms with van der Waals surface area (Å²) in [6.45, 7) is 1.08. The second kappa shape index (κ2) is 8.91. The molecule has 0 aromatic heterocycles. The number of rotatable bonds is 8. The standard InChI is InChI=1S/C18H24N4O3S/c1-22(2)13-14-5-3-6-15(11-14)18(23)21-16-7-4-8-17(12-16)26(24,25)20-10-9-19/h3-8,11-12,20H,9-10,13,19H2,1-2H3,(H,21,23). The van der Waals surface area contributed by atoms with Crippen molar-refractivity contribution in [1.29, 1.82) is 0 Å². The first kappa shape index (κ1) is 20.1. The average molecular weight is 376 g/mol. The summed E-state index contributed by atoms with van der Waals surface area (Å²) in [4.78, 5) is 14.6. The third-order valence-electron chi connectivity index (χ3n) is 3.53. The molecule has 0 spiro atoms. The molecule has 0 aliphatic heterocycles. The third-order valence-corrected chi connectivity index (χ3v) is 4.99. The van der Waals surface area contributed by atoms with Gasteiger partial charge in [0.15, 0.2) is 0 Å². The molecule has 0 fully saturated rings. The number of nitrogens with zero attached hydrogens (tertiary/aromatic N) is 1. The van der Waals surface area contributed by atoms with E-state index in [-0.39, 0.29) is 23.9 Å². The first-order valence-electron chi connectivity index (χ1n) is 8.16. The molecule has 0 heterocycles. The van der Waals surface area contributed by atoms with Crippen molar-refractivity contribution in [2.45, 2.75) is 11.4 Å². The number of hydrogen-bond acceptors (Lipinski definition) is 5. The topological polar surface area (TPSA) is 105 Å². The van der Waals surface area contributed by atoms with Crippen LogP contribution in [0.15, 0.2) is 53.4 Å². The number of amides is 1. The first-order chi connectivity index (χ1) is 12.3. The van der Waals surface area contributed by atoms with Crippen LogP contribution in [0.1, 0.15) is 15.9 Å². The van der Waals surface area contributed by atoms with Gasteiger partial charge in [0, 0.05) is 30.9 Å². The molecule has 0 aliphatic rings. The van der Waals surface area contributed by atoms with Crippen LogP contribution >= 0.6 is 0 Å². The Morgan fingerprint density at radius 2 is 1.85 bits per heavy atom. The first-order valence-corrected chi connectivity index (χ1v) is 9.65. The van der Waals surface area contributed by atoms with Crippen molar-refractivity contribution < 1.29 is 13.2 Å². The van der Waals surface area contributed by atoms with E-state index in [1.165, 1.54) is 12.1 Å². The fraction of sp³-hybridized carbons (Fsp3) is 0.278. The highest BCUT2D eigenvalue weighted by Crippen LogP contribution is 2.17. The lowest BCUT2D eigenvalue weighted by Gasteiger charge is -2.12. The van der Waals surface area contributed by atoms with E-state index in [1.807, 2.05) is 37.2 Å². The van der Waals surface area contributed by atoms with Gasteiger partial charge in [0.25, 0.3) is 5.91 Å². The second-order valence-electron chi connectivity index (χ2n) is 6.11. The van der Waals surface area contributed by atoms with Gasteiger partial charge in [-0.15, -0.1) is 0 Å². The molecule has 2 rings (SSSR count). The van der Waals surface area contributed by atoms with E-state index < -0.39 is 10.0 Å². The molecule has 1 amide bonds. The molecule has 0 unspecified atom stereocenters. The number of carbonyl (C=O) groups excluding carboxylic acids is 1. The highest BCUT2D eigenvalue weighted by Gasteiger charge is 2.14. The number of sulfonamides is 1. The summed E-state index contributed by atoms with van der Waals surface area (Å²) in [5.41, 5.74) is 7.27. The van der Waals surface area contributed by atoms with Crippen molar-refractivity contribution in [1.82, 2.24) is 9.62 Å². The molecule has 7 nitrogen and oxygen atoms in total. The highest BCUT2D eigenvalue weighted by molar-refractivity contribution is 7.89. The minimum atomic E-state index is -3.65. The van der Waals surface area contributed by atoms with E-state index in [4.69, 9.17) is 5.73 Å². The zero-order valence-electron chi connectivity index (χ0n) is 14.9. The Morgan fingerprint density at radius 3 is 2.54 bits per heavy atom. The molecule has 26 heavy (non-hydrogen) atoms. The van der Waals surface area contributed by atoms with Gasteiger partial charge < -0.3 is 16.0 Å². The number of nitrogens with one attached hydrogen (secondary N) is 2. The van der Waals surface area contributed by atoms with E-state index in [1.54, 1.807) is 18.2 Å². The van der Waals surface area contributed by atoms with E-state index in [2.05, 4.69) is 10.0 Å². The van der Waals surface area contributed by atoms with E-state index >= 15 is 0 Å². The van der Waals surface area contributed by atoms with Gasteiger partial charge in [-0.1, -0.05) is 18.2 Å². The normalized spacial score (nSPS) is 11.5. The van der Waals surface area contributed by atoms with Gasteiger partial charge in [-0.2, -0.15) is 0 Å². The Kier molecular flexibility index (Phi) is 6.87. The predicted molar refractivity (Wildman–Crippen MR) is 102 cm³/mol. The second-order valence-corrected chi connectivity index (χ2v) is 7.87. The Morgan fingerprint density at radius 1 is 1.12 bits per heavy atom. The van der Waals surface area contributed by atoms with Crippen molar-refractivity contribution in [3.63, 3.8) is 0 Å². The fourth-order valence-electron chi connectivity index (χ4n) is 2.40. The molecular formula is C18H24N4O3S. The Hall–Kier alpha value is -2.26. The maximum atomic E-state index is 12.5. The van der Waals surface area contributed by atoms with Crippen molar-refractivity contribution >= 4 is 21.6 Å². The molecule has 4 N–H and O–H groups in total. The van der Waals surface area contributed by atoms with Gasteiger partial charge in [0.05, 0.1) is 4.90 Å². The molecule has 2 aromatic carbocycles. The van der Waals surface area contributed by atoms with Gasteiger partial charge >= 0.3 is 0 Å². The molecule has 0 saturated carbocycles. The monoisotopic (exact) mass is 376 g/mol. The summed E-state index contributed by atoms with van der Waals surface area (Å²) in [5, 5.41) is 2.74. The molecule has 0 atom stereocenters. The Balaban J connectivity index is 2.16. The maximum Gasteiger partial charge on any atom is 0.255 e. The van der Waals surface area contributed by atoms with Crippen molar-refractivity contribution in [2.75, 3.05) is 32.5 Å². The molecule has 0 saturated heterocycles. The lowest BCUT2D eigenvalue weighted by molar-refractivity contribution is 0.102. The minimum Gasteiger partial charge on any atom is -0.329 e. The molecule has 8 heteroatoms. The van der Waals surface area contributed by atoms with Crippen LogP contribution in [-0.2, 0) is 16.6 Å². The lowest BCUT2D eigenvalue weighted by Crippen LogP contribution is -2.29. The van der Waals surface area contributed by atoms with Crippen LogP contribution in [0, 0.1) is 0 Å². The van der Waals surface area contributed by atoms with Gasteiger partial charge in [-0.05, 0) is 50.0 Å². The van der Waals surface area contributed by atoms with Crippen molar-refractivity contribution in [3.8, 4) is 0 Å². The minimum absolute atomic E-state index is 0.0742. The Labute approximate surface area is 154 Å². The summed E-state index contributed by atoms with van der Waals surface area (Å²) >= 11 is 0. The molecule has 140 valence electrons. The van der Waals surface area contributed by atoms with Crippen molar-refractivity contribution in [2.24, 2.45) is 5.73 Å². The van der Waals surface area contributed by atoms with E-state index in [0.717, 1.165) is 12.1 Å². The van der Waals surface area contributed by atoms with Gasteiger partial charge in [0.1, 0.15) is 0 Å². The van der Waals surface area contributed by atoms with Gasteiger partial charge in [-0.25, -0.2) is 13.1 Å². The summed E-state index contributed by atoms with van der Waals surface area (Å²) in [5.74, 6) is -0.296. The lowest BCUT2D eigenvalue weighted by atomic mass is 10.1. The predicted octanol–water partition coefficient (Wildman–Crippen LogP) is 1.24. The van der Waals surface area contributed by atoms with Crippen LogP contribution in [0.2, 0.25) is 0 Å². The largest absolute Gasteiger partial charge is 0.329 e. The fourth-order valence-corrected chi connectivity index (χ4v) is 3.49. The Bertz CT molecular complexity index is 866. The zero-order chi connectivity index (χ0) is 19.2. The quantitative estimate of drug-likeness (QED) is 0.643. The summed E-state index contributed by atoms with van der Waals surface area (Å²) < 4.78 is 26.7. The van der Waals surface area contributed by atoms with E-state index in [9.17, 15) is 13.2 Å². The smallest absolute Gasteiger partial charge is 0.255 e. The molecule has 0 bridgehead atoms. The molecule has 0 radical (unpaired) electrons. The highest BCUT2D eigenvalue weighted by atomic mass is 32.2. The van der Waals surface area contributed by atoms with Crippen LogP contribution in [0.4, 0.5) is 5.69 Å². The van der Waals surface area contributed by atoms with Crippen molar-refractivity contribution in [3.05, 3.63) is 59.7 Å². The number of carbonyl (C=O) groups is 1. The third kappa shape index (κ3) is 5.63. The zero-order valence-corrected chi connectivity index (χ0v) is 15.7. The maximum absolute atomic E-state index is 12.5. The number of hydrogen-bond donors (Lipinski definition) is 3. The SMILES string of the molecule is CN(C)Cc1cccc(C(=O)Nc2cccc(S(=O)(=O)NCCN)c2)c1. The van der Waals surface area contributed by atoms with Gasteiger partial charge in [-0.3, -0.25) is 4.79 Å².